The van der Waals surface area contributed by atoms with Gasteiger partial charge in [0.15, 0.2) is 0 Å². The average Bonchev–Trinajstić information content (AvgIpc) is 2.97. The molecule has 1 heterocycles. The number of halogens is 1. The van der Waals surface area contributed by atoms with E-state index < -0.39 is 36.0 Å². The Bertz CT molecular complexity index is 1170. The highest BCUT2D eigenvalue weighted by atomic mass is 19.1. The van der Waals surface area contributed by atoms with Crippen LogP contribution in [0, 0.1) is 5.82 Å². The lowest BCUT2D eigenvalue weighted by Crippen LogP contribution is -2.43. The molecule has 4 rings (SSSR count). The maximum Gasteiger partial charge on any atom is 0.325 e. The van der Waals surface area contributed by atoms with Gasteiger partial charge in [-0.05, 0) is 47.9 Å². The van der Waals surface area contributed by atoms with E-state index in [-0.39, 0.29) is 5.82 Å². The summed E-state index contributed by atoms with van der Waals surface area (Å²) in [6, 6.07) is 17.9. The second kappa shape index (κ2) is 7.83. The van der Waals surface area contributed by atoms with Gasteiger partial charge in [-0.1, -0.05) is 54.6 Å². The number of carbonyl (C=O) groups is 3. The van der Waals surface area contributed by atoms with Crippen LogP contribution in [-0.2, 0) is 15.1 Å². The maximum absolute atomic E-state index is 13.2. The molecule has 1 aliphatic heterocycles. The lowest BCUT2D eigenvalue weighted by molar-refractivity contribution is -0.135. The Labute approximate surface area is 179 Å². The molecule has 0 unspecified atom stereocenters. The molecule has 2 N–H and O–H groups in total. The molecule has 1 aliphatic rings. The minimum Gasteiger partial charge on any atom is -0.348 e. The van der Waals surface area contributed by atoms with Crippen LogP contribution in [-0.4, -0.2) is 29.3 Å². The van der Waals surface area contributed by atoms with Gasteiger partial charge in [0.25, 0.3) is 5.91 Å². The third-order valence-corrected chi connectivity index (χ3v) is 5.65. The van der Waals surface area contributed by atoms with Crippen LogP contribution in [0.1, 0.15) is 31.0 Å². The molecule has 3 aromatic carbocycles. The quantitative estimate of drug-likeness (QED) is 0.620. The van der Waals surface area contributed by atoms with Crippen molar-refractivity contribution in [3.8, 4) is 0 Å². The van der Waals surface area contributed by atoms with Gasteiger partial charge in [0.2, 0.25) is 5.91 Å². The Morgan fingerprint density at radius 1 is 1.06 bits per heavy atom. The number of hydrogen-bond donors (Lipinski definition) is 2. The average molecular weight is 419 g/mol. The number of imide groups is 1. The summed E-state index contributed by atoms with van der Waals surface area (Å²) in [6.07, 6.45) is 0. The van der Waals surface area contributed by atoms with Crippen molar-refractivity contribution in [2.45, 2.75) is 25.4 Å². The first kappa shape index (κ1) is 20.5. The van der Waals surface area contributed by atoms with Gasteiger partial charge < -0.3 is 10.6 Å². The molecule has 3 aromatic rings. The molecule has 0 spiro atoms. The highest BCUT2D eigenvalue weighted by Crippen LogP contribution is 2.33. The third-order valence-electron chi connectivity index (χ3n) is 5.65. The summed E-state index contributed by atoms with van der Waals surface area (Å²) >= 11 is 0. The topological polar surface area (TPSA) is 78.5 Å². The number of carbonyl (C=O) groups excluding carboxylic acids is 3. The van der Waals surface area contributed by atoms with Crippen molar-refractivity contribution in [1.29, 1.82) is 0 Å². The zero-order chi connectivity index (χ0) is 22.2. The van der Waals surface area contributed by atoms with Crippen LogP contribution in [0.5, 0.6) is 0 Å². The van der Waals surface area contributed by atoms with Gasteiger partial charge in [0.05, 0.1) is 6.04 Å². The summed E-state index contributed by atoms with van der Waals surface area (Å²) in [5, 5.41) is 7.31. The highest BCUT2D eigenvalue weighted by molar-refractivity contribution is 6.10. The van der Waals surface area contributed by atoms with Gasteiger partial charge >= 0.3 is 6.03 Å². The summed E-state index contributed by atoms with van der Waals surface area (Å²) < 4.78 is 13.1. The Morgan fingerprint density at radius 3 is 2.48 bits per heavy atom. The molecule has 31 heavy (non-hydrogen) atoms. The van der Waals surface area contributed by atoms with Gasteiger partial charge in [-0.2, -0.15) is 0 Å². The van der Waals surface area contributed by atoms with Gasteiger partial charge in [0, 0.05) is 0 Å². The first-order valence-corrected chi connectivity index (χ1v) is 9.97. The van der Waals surface area contributed by atoms with Crippen LogP contribution in [0.4, 0.5) is 9.18 Å². The number of amides is 4. The second-order valence-electron chi connectivity index (χ2n) is 7.81. The predicted octanol–water partition coefficient (Wildman–Crippen LogP) is 3.62. The van der Waals surface area contributed by atoms with Gasteiger partial charge in [-0.15, -0.1) is 0 Å². The van der Waals surface area contributed by atoms with E-state index in [9.17, 15) is 18.8 Å². The zero-order valence-corrected chi connectivity index (χ0v) is 17.2. The van der Waals surface area contributed by atoms with E-state index >= 15 is 0 Å². The van der Waals surface area contributed by atoms with Crippen molar-refractivity contribution in [3.05, 3.63) is 83.7 Å². The number of hydrogen-bond acceptors (Lipinski definition) is 3. The second-order valence-corrected chi connectivity index (χ2v) is 7.81. The Morgan fingerprint density at radius 2 is 1.74 bits per heavy atom. The molecule has 0 bridgehead atoms. The van der Waals surface area contributed by atoms with Crippen LogP contribution in [0.3, 0.4) is 0 Å². The molecule has 7 heteroatoms. The van der Waals surface area contributed by atoms with Gasteiger partial charge in [0.1, 0.15) is 17.9 Å². The minimum absolute atomic E-state index is 0.366. The maximum atomic E-state index is 13.2. The zero-order valence-electron chi connectivity index (χ0n) is 17.2. The predicted molar refractivity (Wildman–Crippen MR) is 115 cm³/mol. The fraction of sp³-hybridized carbons (Fsp3) is 0.208. The molecule has 0 saturated carbocycles. The molecule has 1 fully saturated rings. The molecule has 158 valence electrons. The van der Waals surface area contributed by atoms with E-state index in [0.29, 0.717) is 11.1 Å². The Hall–Kier alpha value is -3.74. The smallest absolute Gasteiger partial charge is 0.325 e. The van der Waals surface area contributed by atoms with E-state index in [0.717, 1.165) is 15.7 Å². The summed E-state index contributed by atoms with van der Waals surface area (Å²) in [4.78, 5) is 39.3. The standard InChI is InChI=1S/C24H22FN3O3/c1-15(16-10-12-18(25)13-11-16)26-21(29)14-28-22(30)24(2,27-23(28)31)20-9-5-7-17-6-3-4-8-19(17)20/h3-13,15H,14H2,1-2H3,(H,26,29)(H,27,31)/t15-,24+/m1/s1. The van der Waals surface area contributed by atoms with Crippen LogP contribution >= 0.6 is 0 Å². The van der Waals surface area contributed by atoms with Crippen LogP contribution in [0.15, 0.2) is 66.7 Å². The number of benzene rings is 3. The van der Waals surface area contributed by atoms with Crippen molar-refractivity contribution >= 4 is 28.6 Å². The number of fused-ring (bicyclic) bond motifs is 1. The molecule has 6 nitrogen and oxygen atoms in total. The Balaban J connectivity index is 1.53. The van der Waals surface area contributed by atoms with E-state index in [1.807, 2.05) is 36.4 Å². The fourth-order valence-electron chi connectivity index (χ4n) is 3.95. The van der Waals surface area contributed by atoms with E-state index in [1.54, 1.807) is 32.0 Å². The van der Waals surface area contributed by atoms with Crippen LogP contribution < -0.4 is 10.6 Å². The summed E-state index contributed by atoms with van der Waals surface area (Å²) in [5.41, 5.74) is 0.111. The van der Waals surface area contributed by atoms with Crippen molar-refractivity contribution in [2.75, 3.05) is 6.54 Å². The van der Waals surface area contributed by atoms with Gasteiger partial charge in [-0.25, -0.2) is 9.18 Å². The molecular weight excluding hydrogens is 397 g/mol. The van der Waals surface area contributed by atoms with Crippen LogP contribution in [0.2, 0.25) is 0 Å². The largest absolute Gasteiger partial charge is 0.348 e. The third kappa shape index (κ3) is 3.74. The molecule has 0 aliphatic carbocycles. The molecule has 0 aromatic heterocycles. The SMILES string of the molecule is C[C@@H](NC(=O)CN1C(=O)N[C@@](C)(c2cccc3ccccc23)C1=O)c1ccc(F)cc1. The lowest BCUT2D eigenvalue weighted by atomic mass is 9.88. The number of nitrogens with one attached hydrogen (secondary N) is 2. The first-order chi connectivity index (χ1) is 14.8. The number of rotatable bonds is 5. The minimum atomic E-state index is -1.28. The van der Waals surface area contributed by atoms with E-state index in [4.69, 9.17) is 0 Å². The molecule has 0 radical (unpaired) electrons. The number of nitrogens with zero attached hydrogens (tertiary/aromatic N) is 1. The summed E-state index contributed by atoms with van der Waals surface area (Å²) in [7, 11) is 0. The van der Waals surface area contributed by atoms with E-state index in [1.165, 1.54) is 12.1 Å². The Kier molecular flexibility index (Phi) is 5.19. The monoisotopic (exact) mass is 419 g/mol. The summed E-state index contributed by atoms with van der Waals surface area (Å²) in [6.45, 7) is 2.99. The van der Waals surface area contributed by atoms with Crippen molar-refractivity contribution in [1.82, 2.24) is 15.5 Å². The molecule has 2 atom stereocenters. The van der Waals surface area contributed by atoms with Gasteiger partial charge in [-0.3, -0.25) is 14.5 Å². The fourth-order valence-corrected chi connectivity index (χ4v) is 3.95. The summed E-state index contributed by atoms with van der Waals surface area (Å²) in [5.74, 6) is -1.34. The van der Waals surface area contributed by atoms with Crippen molar-refractivity contribution in [3.63, 3.8) is 0 Å². The molecule has 1 saturated heterocycles. The highest BCUT2D eigenvalue weighted by Gasteiger charge is 2.50. The van der Waals surface area contributed by atoms with Crippen LogP contribution in [0.25, 0.3) is 10.8 Å². The number of urea groups is 1. The molecular formula is C24H22FN3O3. The molecule has 4 amide bonds. The normalized spacial score (nSPS) is 19.4. The first-order valence-electron chi connectivity index (χ1n) is 9.97. The van der Waals surface area contributed by atoms with Crippen molar-refractivity contribution in [2.24, 2.45) is 0 Å². The van der Waals surface area contributed by atoms with Crippen molar-refractivity contribution < 1.29 is 18.8 Å². The van der Waals surface area contributed by atoms with E-state index in [2.05, 4.69) is 10.6 Å². The lowest BCUT2D eigenvalue weighted by Gasteiger charge is -2.24.